The van der Waals surface area contributed by atoms with Crippen LogP contribution in [-0.4, -0.2) is 11.8 Å². The zero-order valence-corrected chi connectivity index (χ0v) is 8.41. The smallest absolute Gasteiger partial charge is 0.249 e. The van der Waals surface area contributed by atoms with Crippen molar-refractivity contribution in [3.63, 3.8) is 0 Å². The van der Waals surface area contributed by atoms with Gasteiger partial charge in [-0.05, 0) is 30.7 Å². The van der Waals surface area contributed by atoms with Crippen LogP contribution in [0.25, 0.3) is 0 Å². The third-order valence-corrected chi connectivity index (χ3v) is 2.04. The van der Waals surface area contributed by atoms with Crippen LogP contribution in [0.4, 0.5) is 5.69 Å². The number of amides is 2. The summed E-state index contributed by atoms with van der Waals surface area (Å²) in [6, 6.07) is 4.97. The number of primary amides is 1. The van der Waals surface area contributed by atoms with Gasteiger partial charge in [-0.15, -0.1) is 0 Å². The average molecular weight is 204 g/mol. The van der Waals surface area contributed by atoms with Gasteiger partial charge in [0.25, 0.3) is 0 Å². The molecule has 0 aliphatic heterocycles. The summed E-state index contributed by atoms with van der Waals surface area (Å²) in [5, 5.41) is 2.59. The number of benzene rings is 1. The van der Waals surface area contributed by atoms with E-state index in [0.29, 0.717) is 16.8 Å². The van der Waals surface area contributed by atoms with Crippen molar-refractivity contribution >= 4 is 17.5 Å². The molecule has 0 unspecified atom stereocenters. The average Bonchev–Trinajstić information content (AvgIpc) is 2.20. The van der Waals surface area contributed by atoms with Crippen molar-refractivity contribution in [2.24, 2.45) is 5.73 Å². The summed E-state index contributed by atoms with van der Waals surface area (Å²) < 4.78 is 0. The number of nitrogens with one attached hydrogen (secondary N) is 1. The number of carbonyl (C=O) groups is 2. The summed E-state index contributed by atoms with van der Waals surface area (Å²) in [6.45, 7) is 5.06. The summed E-state index contributed by atoms with van der Waals surface area (Å²) in [5.74, 6) is -0.832. The zero-order chi connectivity index (χ0) is 11.4. The van der Waals surface area contributed by atoms with Crippen molar-refractivity contribution in [2.75, 3.05) is 5.32 Å². The van der Waals surface area contributed by atoms with E-state index in [1.807, 2.05) is 0 Å². The van der Waals surface area contributed by atoms with Gasteiger partial charge in [0.15, 0.2) is 0 Å². The Labute approximate surface area is 87.8 Å². The molecule has 3 N–H and O–H groups in total. The van der Waals surface area contributed by atoms with Crippen LogP contribution in [-0.2, 0) is 4.79 Å². The van der Waals surface area contributed by atoms with E-state index < -0.39 is 5.91 Å². The summed E-state index contributed by atoms with van der Waals surface area (Å²) in [4.78, 5) is 22.1. The maximum atomic E-state index is 11.1. The monoisotopic (exact) mass is 204 g/mol. The first-order valence-corrected chi connectivity index (χ1v) is 4.39. The van der Waals surface area contributed by atoms with E-state index in [4.69, 9.17) is 5.73 Å². The van der Waals surface area contributed by atoms with Gasteiger partial charge in [0.05, 0.1) is 0 Å². The fourth-order valence-corrected chi connectivity index (χ4v) is 1.22. The Morgan fingerprint density at radius 1 is 1.47 bits per heavy atom. The molecule has 0 fully saturated rings. The van der Waals surface area contributed by atoms with Gasteiger partial charge in [-0.2, -0.15) is 0 Å². The van der Waals surface area contributed by atoms with Crippen molar-refractivity contribution in [1.82, 2.24) is 0 Å². The van der Waals surface area contributed by atoms with E-state index in [2.05, 4.69) is 11.9 Å². The van der Waals surface area contributed by atoms with E-state index in [9.17, 15) is 9.59 Å². The molecule has 0 atom stereocenters. The van der Waals surface area contributed by atoms with Crippen molar-refractivity contribution in [1.29, 1.82) is 0 Å². The van der Waals surface area contributed by atoms with Gasteiger partial charge >= 0.3 is 0 Å². The minimum Gasteiger partial charge on any atom is -0.366 e. The Balaban J connectivity index is 3.09. The molecule has 15 heavy (non-hydrogen) atoms. The quantitative estimate of drug-likeness (QED) is 0.726. The second kappa shape index (κ2) is 4.41. The molecule has 1 rings (SSSR count). The SMILES string of the molecule is C=CC(=O)Nc1cccc(C(N)=O)c1C. The van der Waals surface area contributed by atoms with Crippen molar-refractivity contribution in [3.8, 4) is 0 Å². The predicted octanol–water partition coefficient (Wildman–Crippen LogP) is 1.22. The molecular weight excluding hydrogens is 192 g/mol. The Kier molecular flexibility index (Phi) is 3.23. The molecule has 4 nitrogen and oxygen atoms in total. The van der Waals surface area contributed by atoms with E-state index in [0.717, 1.165) is 6.08 Å². The van der Waals surface area contributed by atoms with Crippen molar-refractivity contribution in [2.45, 2.75) is 6.92 Å². The maximum absolute atomic E-state index is 11.1. The predicted molar refractivity (Wildman–Crippen MR) is 58.5 cm³/mol. The van der Waals surface area contributed by atoms with Crippen molar-refractivity contribution in [3.05, 3.63) is 42.0 Å². The highest BCUT2D eigenvalue weighted by molar-refractivity contribution is 6.01. The van der Waals surface area contributed by atoms with Crippen LogP contribution in [0.2, 0.25) is 0 Å². The number of nitrogens with two attached hydrogens (primary N) is 1. The van der Waals surface area contributed by atoms with Gasteiger partial charge in [-0.25, -0.2) is 0 Å². The van der Waals surface area contributed by atoms with Gasteiger partial charge in [-0.1, -0.05) is 12.6 Å². The lowest BCUT2D eigenvalue weighted by Gasteiger charge is -2.08. The number of hydrogen-bond donors (Lipinski definition) is 2. The first-order chi connectivity index (χ1) is 7.06. The molecule has 1 aromatic carbocycles. The topological polar surface area (TPSA) is 72.2 Å². The van der Waals surface area contributed by atoms with Gasteiger partial charge < -0.3 is 11.1 Å². The minimum atomic E-state index is -0.512. The third-order valence-electron chi connectivity index (χ3n) is 2.04. The van der Waals surface area contributed by atoms with Gasteiger partial charge in [-0.3, -0.25) is 9.59 Å². The molecule has 0 saturated heterocycles. The van der Waals surface area contributed by atoms with Gasteiger partial charge in [0.1, 0.15) is 0 Å². The first-order valence-electron chi connectivity index (χ1n) is 4.39. The zero-order valence-electron chi connectivity index (χ0n) is 8.41. The fraction of sp³-hybridized carbons (Fsp3) is 0.0909. The largest absolute Gasteiger partial charge is 0.366 e. The molecule has 1 aromatic rings. The Morgan fingerprint density at radius 3 is 2.67 bits per heavy atom. The van der Waals surface area contributed by atoms with Crippen LogP contribution in [0.5, 0.6) is 0 Å². The maximum Gasteiger partial charge on any atom is 0.249 e. The fourth-order valence-electron chi connectivity index (χ4n) is 1.22. The number of hydrogen-bond acceptors (Lipinski definition) is 2. The van der Waals surface area contributed by atoms with E-state index in [-0.39, 0.29) is 5.91 Å². The van der Waals surface area contributed by atoms with Crippen LogP contribution in [0.15, 0.2) is 30.9 Å². The lowest BCUT2D eigenvalue weighted by Crippen LogP contribution is -2.15. The second-order valence-electron chi connectivity index (χ2n) is 3.04. The van der Waals surface area contributed by atoms with E-state index >= 15 is 0 Å². The molecule has 0 bridgehead atoms. The lowest BCUT2D eigenvalue weighted by atomic mass is 10.1. The summed E-state index contributed by atoms with van der Waals surface area (Å²) in [7, 11) is 0. The highest BCUT2D eigenvalue weighted by atomic mass is 16.1. The second-order valence-corrected chi connectivity index (χ2v) is 3.04. The molecule has 78 valence electrons. The lowest BCUT2D eigenvalue weighted by molar-refractivity contribution is -0.111. The third kappa shape index (κ3) is 2.43. The normalized spacial score (nSPS) is 9.40. The highest BCUT2D eigenvalue weighted by Crippen LogP contribution is 2.18. The molecule has 2 amide bonds. The van der Waals surface area contributed by atoms with Gasteiger partial charge in [0, 0.05) is 11.3 Å². The molecule has 0 saturated carbocycles. The van der Waals surface area contributed by atoms with E-state index in [1.54, 1.807) is 25.1 Å². The molecule has 0 aliphatic carbocycles. The number of rotatable bonds is 3. The van der Waals surface area contributed by atoms with Crippen molar-refractivity contribution < 1.29 is 9.59 Å². The summed E-state index contributed by atoms with van der Waals surface area (Å²) in [6.07, 6.45) is 1.16. The molecule has 0 aliphatic rings. The van der Waals surface area contributed by atoms with Crippen LogP contribution in [0, 0.1) is 6.92 Å². The summed E-state index contributed by atoms with van der Waals surface area (Å²) >= 11 is 0. The van der Waals surface area contributed by atoms with Gasteiger partial charge in [0.2, 0.25) is 11.8 Å². The van der Waals surface area contributed by atoms with Crippen LogP contribution in [0.3, 0.4) is 0 Å². The van der Waals surface area contributed by atoms with E-state index in [1.165, 1.54) is 0 Å². The summed E-state index contributed by atoms with van der Waals surface area (Å²) in [5.41, 5.74) is 6.79. The number of anilines is 1. The molecule has 4 heteroatoms. The number of carbonyl (C=O) groups excluding carboxylic acids is 2. The molecule has 0 heterocycles. The highest BCUT2D eigenvalue weighted by Gasteiger charge is 2.08. The Bertz CT molecular complexity index is 425. The van der Waals surface area contributed by atoms with Crippen LogP contribution < -0.4 is 11.1 Å². The Morgan fingerprint density at radius 2 is 2.13 bits per heavy atom. The molecule has 0 aromatic heterocycles. The minimum absolute atomic E-state index is 0.320. The molecule has 0 spiro atoms. The first kappa shape index (κ1) is 11.0. The van der Waals surface area contributed by atoms with Crippen LogP contribution >= 0.6 is 0 Å². The Hall–Kier alpha value is -2.10. The standard InChI is InChI=1S/C11H12N2O2/c1-3-10(14)13-9-6-4-5-8(7(9)2)11(12)15/h3-6H,1H2,2H3,(H2,12,15)(H,13,14). The van der Waals surface area contributed by atoms with Crippen LogP contribution in [0.1, 0.15) is 15.9 Å². The molecule has 0 radical (unpaired) electrons. The molecular formula is C11H12N2O2.